The molecule has 98 valence electrons. The molecule has 3 rings (SSSR count). The summed E-state index contributed by atoms with van der Waals surface area (Å²) in [6.07, 6.45) is 1.74. The summed E-state index contributed by atoms with van der Waals surface area (Å²) in [6.45, 7) is 0.641. The molecular weight excluding hydrogens is 286 g/mol. The van der Waals surface area contributed by atoms with Gasteiger partial charge in [0.25, 0.3) is 0 Å². The SMILES string of the molecule is Cn1c(=O)oc2ccc(NCc3cnc(Cl)s3)cc21. The highest BCUT2D eigenvalue weighted by molar-refractivity contribution is 7.15. The summed E-state index contributed by atoms with van der Waals surface area (Å²) < 4.78 is 7.08. The fraction of sp³-hybridized carbons (Fsp3) is 0.167. The largest absolute Gasteiger partial charge is 0.419 e. The molecule has 0 amide bonds. The lowest BCUT2D eigenvalue weighted by molar-refractivity contribution is 0.528. The quantitative estimate of drug-likeness (QED) is 0.807. The van der Waals surface area contributed by atoms with E-state index in [-0.39, 0.29) is 5.76 Å². The van der Waals surface area contributed by atoms with Crippen molar-refractivity contribution in [1.29, 1.82) is 0 Å². The van der Waals surface area contributed by atoms with Crippen LogP contribution in [0.5, 0.6) is 0 Å². The highest BCUT2D eigenvalue weighted by Gasteiger charge is 2.06. The van der Waals surface area contributed by atoms with Crippen molar-refractivity contribution >= 4 is 39.7 Å². The summed E-state index contributed by atoms with van der Waals surface area (Å²) in [5.41, 5.74) is 2.25. The number of hydrogen-bond acceptors (Lipinski definition) is 5. The molecule has 19 heavy (non-hydrogen) atoms. The third-order valence-corrected chi connectivity index (χ3v) is 3.90. The zero-order valence-electron chi connectivity index (χ0n) is 10.0. The molecule has 2 heterocycles. The number of oxazole rings is 1. The number of nitrogens with zero attached hydrogens (tertiary/aromatic N) is 2. The van der Waals surface area contributed by atoms with Crippen LogP contribution in [-0.4, -0.2) is 9.55 Å². The van der Waals surface area contributed by atoms with Crippen LogP contribution in [0.25, 0.3) is 11.1 Å². The van der Waals surface area contributed by atoms with E-state index in [2.05, 4.69) is 10.3 Å². The number of aromatic nitrogens is 2. The highest BCUT2D eigenvalue weighted by Crippen LogP contribution is 2.21. The molecule has 0 fully saturated rings. The van der Waals surface area contributed by atoms with Crippen LogP contribution >= 0.6 is 22.9 Å². The van der Waals surface area contributed by atoms with Crippen molar-refractivity contribution in [1.82, 2.24) is 9.55 Å². The molecule has 0 radical (unpaired) electrons. The molecule has 0 aliphatic rings. The average Bonchev–Trinajstić information content (AvgIpc) is 2.93. The molecule has 0 aliphatic heterocycles. The first-order valence-electron chi connectivity index (χ1n) is 5.57. The Bertz CT molecular complexity index is 790. The Kier molecular flexibility index (Phi) is 3.04. The van der Waals surface area contributed by atoms with Crippen molar-refractivity contribution in [3.8, 4) is 0 Å². The molecule has 5 nitrogen and oxygen atoms in total. The number of benzene rings is 1. The van der Waals surface area contributed by atoms with Gasteiger partial charge in [-0.3, -0.25) is 4.57 Å². The number of aryl methyl sites for hydroxylation is 1. The highest BCUT2D eigenvalue weighted by atomic mass is 35.5. The molecule has 0 atom stereocenters. The fourth-order valence-electron chi connectivity index (χ4n) is 1.79. The zero-order valence-corrected chi connectivity index (χ0v) is 11.6. The Balaban J connectivity index is 1.85. The molecule has 2 aromatic heterocycles. The average molecular weight is 296 g/mol. The molecule has 1 N–H and O–H groups in total. The smallest absolute Gasteiger partial charge is 0.408 e. The van der Waals surface area contributed by atoms with Crippen LogP contribution in [0.3, 0.4) is 0 Å². The third-order valence-electron chi connectivity index (χ3n) is 2.78. The topological polar surface area (TPSA) is 60.1 Å². The van der Waals surface area contributed by atoms with Gasteiger partial charge in [-0.1, -0.05) is 11.6 Å². The van der Waals surface area contributed by atoms with Gasteiger partial charge in [0, 0.05) is 23.8 Å². The summed E-state index contributed by atoms with van der Waals surface area (Å²) in [5, 5.41) is 3.26. The van der Waals surface area contributed by atoms with Crippen LogP contribution in [0.1, 0.15) is 4.88 Å². The summed E-state index contributed by atoms with van der Waals surface area (Å²) in [7, 11) is 1.68. The van der Waals surface area contributed by atoms with Crippen LogP contribution in [0.4, 0.5) is 5.69 Å². The van der Waals surface area contributed by atoms with Gasteiger partial charge in [0.05, 0.1) is 12.1 Å². The van der Waals surface area contributed by atoms with Gasteiger partial charge in [-0.25, -0.2) is 9.78 Å². The Morgan fingerprint density at radius 2 is 2.37 bits per heavy atom. The van der Waals surface area contributed by atoms with Crippen LogP contribution in [0.2, 0.25) is 4.47 Å². The Morgan fingerprint density at radius 1 is 1.53 bits per heavy atom. The predicted octanol–water partition coefficient (Wildman–Crippen LogP) is 2.85. The van der Waals surface area contributed by atoms with Crippen LogP contribution in [-0.2, 0) is 13.6 Å². The number of halogens is 1. The van der Waals surface area contributed by atoms with E-state index in [1.54, 1.807) is 19.3 Å². The molecule has 7 heteroatoms. The molecule has 0 saturated carbocycles. The fourth-order valence-corrected chi connectivity index (χ4v) is 2.71. The first-order valence-corrected chi connectivity index (χ1v) is 6.76. The lowest BCUT2D eigenvalue weighted by atomic mass is 10.3. The van der Waals surface area contributed by atoms with E-state index < -0.39 is 0 Å². The second kappa shape index (κ2) is 4.71. The standard InChI is InChI=1S/C12H10ClN3O2S/c1-16-9-4-7(2-3-10(9)18-12(16)17)14-5-8-6-15-11(13)19-8/h2-4,6,14H,5H2,1H3. The Labute approximate surface area is 117 Å². The lowest BCUT2D eigenvalue weighted by Gasteiger charge is -2.04. The van der Waals surface area contributed by atoms with Gasteiger partial charge >= 0.3 is 5.76 Å². The number of rotatable bonds is 3. The third kappa shape index (κ3) is 2.36. The van der Waals surface area contributed by atoms with Gasteiger partial charge in [-0.05, 0) is 18.2 Å². The first kappa shape index (κ1) is 12.3. The minimum atomic E-state index is -0.360. The maximum absolute atomic E-state index is 11.4. The van der Waals surface area contributed by atoms with Crippen LogP contribution in [0.15, 0.2) is 33.6 Å². The molecule has 0 bridgehead atoms. The van der Waals surface area contributed by atoms with Crippen LogP contribution < -0.4 is 11.1 Å². The first-order chi connectivity index (χ1) is 9.13. The van der Waals surface area contributed by atoms with Gasteiger partial charge in [-0.15, -0.1) is 11.3 Å². The van der Waals surface area contributed by atoms with Gasteiger partial charge in [0.2, 0.25) is 0 Å². The Morgan fingerprint density at radius 3 is 3.11 bits per heavy atom. The number of anilines is 1. The summed E-state index contributed by atoms with van der Waals surface area (Å²) in [6, 6.07) is 5.52. The van der Waals surface area contributed by atoms with Gasteiger partial charge in [0.15, 0.2) is 10.0 Å². The van der Waals surface area contributed by atoms with E-state index in [0.717, 1.165) is 16.1 Å². The zero-order chi connectivity index (χ0) is 13.4. The Hall–Kier alpha value is -1.79. The normalized spacial score (nSPS) is 11.1. The minimum Gasteiger partial charge on any atom is -0.408 e. The van der Waals surface area contributed by atoms with E-state index >= 15 is 0 Å². The maximum Gasteiger partial charge on any atom is 0.419 e. The van der Waals surface area contributed by atoms with Crippen molar-refractivity contribution < 1.29 is 4.42 Å². The van der Waals surface area contributed by atoms with Gasteiger partial charge in [0.1, 0.15) is 0 Å². The number of fused-ring (bicyclic) bond motifs is 1. The number of thiazole rings is 1. The predicted molar refractivity (Wildman–Crippen MR) is 75.9 cm³/mol. The van der Waals surface area contributed by atoms with Crippen molar-refractivity contribution in [2.24, 2.45) is 7.05 Å². The van der Waals surface area contributed by atoms with E-state index in [9.17, 15) is 4.79 Å². The van der Waals surface area contributed by atoms with Crippen LogP contribution in [0, 0.1) is 0 Å². The van der Waals surface area contributed by atoms with Crippen molar-refractivity contribution in [3.05, 3.63) is 44.3 Å². The van der Waals surface area contributed by atoms with Crippen molar-refractivity contribution in [2.45, 2.75) is 6.54 Å². The molecule has 0 aliphatic carbocycles. The van der Waals surface area contributed by atoms with E-state index in [1.807, 2.05) is 12.1 Å². The minimum absolute atomic E-state index is 0.360. The summed E-state index contributed by atoms with van der Waals surface area (Å²) >= 11 is 7.21. The molecule has 0 saturated heterocycles. The molecule has 1 aromatic carbocycles. The molecule has 0 spiro atoms. The van der Waals surface area contributed by atoms with Crippen molar-refractivity contribution in [2.75, 3.05) is 5.32 Å². The second-order valence-electron chi connectivity index (χ2n) is 4.04. The molecular formula is C12H10ClN3O2S. The van der Waals surface area contributed by atoms with E-state index in [4.69, 9.17) is 16.0 Å². The second-order valence-corrected chi connectivity index (χ2v) is 5.74. The van der Waals surface area contributed by atoms with E-state index in [0.29, 0.717) is 16.6 Å². The van der Waals surface area contributed by atoms with Gasteiger partial charge < -0.3 is 9.73 Å². The van der Waals surface area contributed by atoms with E-state index in [1.165, 1.54) is 15.9 Å². The lowest BCUT2D eigenvalue weighted by Crippen LogP contribution is -2.08. The van der Waals surface area contributed by atoms with Gasteiger partial charge in [-0.2, -0.15) is 0 Å². The number of nitrogens with one attached hydrogen (secondary N) is 1. The molecule has 3 aromatic rings. The summed E-state index contributed by atoms with van der Waals surface area (Å²) in [5.74, 6) is -0.360. The maximum atomic E-state index is 11.4. The molecule has 0 unspecified atom stereocenters. The van der Waals surface area contributed by atoms with Crippen molar-refractivity contribution in [3.63, 3.8) is 0 Å². The monoisotopic (exact) mass is 295 g/mol. The number of hydrogen-bond donors (Lipinski definition) is 1. The summed E-state index contributed by atoms with van der Waals surface area (Å²) in [4.78, 5) is 16.4.